The van der Waals surface area contributed by atoms with E-state index in [1.165, 1.54) is 9.80 Å². The first kappa shape index (κ1) is 19.6. The fraction of sp³-hybridized carbons (Fsp3) is 0.273. The van der Waals surface area contributed by atoms with Crippen LogP contribution in [0, 0.1) is 0 Å². The van der Waals surface area contributed by atoms with Crippen molar-refractivity contribution in [2.45, 2.75) is 25.4 Å². The van der Waals surface area contributed by atoms with Crippen molar-refractivity contribution in [3.8, 4) is 5.75 Å². The van der Waals surface area contributed by atoms with Crippen LogP contribution >= 0.6 is 0 Å². The predicted molar refractivity (Wildman–Crippen MR) is 108 cm³/mol. The lowest BCUT2D eigenvalue weighted by atomic mass is 10.0. The second kappa shape index (κ2) is 7.98. The molecule has 154 valence electrons. The number of piperidine rings is 1. The van der Waals surface area contributed by atoms with Gasteiger partial charge in [-0.2, -0.15) is 0 Å². The van der Waals surface area contributed by atoms with Gasteiger partial charge in [0.05, 0.1) is 0 Å². The maximum atomic E-state index is 12.7. The van der Waals surface area contributed by atoms with Crippen LogP contribution in [-0.2, 0) is 20.9 Å². The molecule has 0 radical (unpaired) electrons. The van der Waals surface area contributed by atoms with Gasteiger partial charge < -0.3 is 14.5 Å². The highest BCUT2D eigenvalue weighted by molar-refractivity contribution is 6.05. The van der Waals surface area contributed by atoms with Crippen LogP contribution in [0.5, 0.6) is 5.75 Å². The number of hydrogen-bond donors (Lipinski definition) is 1. The quantitative estimate of drug-likeness (QED) is 0.758. The van der Waals surface area contributed by atoms with Gasteiger partial charge in [-0.05, 0) is 42.3 Å². The Morgan fingerprint density at radius 1 is 1.17 bits per heavy atom. The Morgan fingerprint density at radius 2 is 1.93 bits per heavy atom. The average molecular weight is 407 g/mol. The Morgan fingerprint density at radius 3 is 2.67 bits per heavy atom. The van der Waals surface area contributed by atoms with Gasteiger partial charge in [-0.1, -0.05) is 18.2 Å². The molecule has 2 aromatic carbocycles. The molecule has 8 heteroatoms. The lowest BCUT2D eigenvalue weighted by molar-refractivity contribution is -0.137. The number of amides is 4. The van der Waals surface area contributed by atoms with E-state index in [1.54, 1.807) is 25.2 Å². The predicted octanol–water partition coefficient (Wildman–Crippen LogP) is 1.49. The van der Waals surface area contributed by atoms with Crippen LogP contribution in [0.1, 0.15) is 28.8 Å². The van der Waals surface area contributed by atoms with E-state index >= 15 is 0 Å². The summed E-state index contributed by atoms with van der Waals surface area (Å²) in [5, 5.41) is 2.28. The zero-order valence-corrected chi connectivity index (χ0v) is 16.5. The molecular formula is C22H21N3O5. The number of ether oxygens (including phenoxy) is 1. The van der Waals surface area contributed by atoms with Crippen molar-refractivity contribution in [3.63, 3.8) is 0 Å². The molecule has 2 heterocycles. The van der Waals surface area contributed by atoms with Crippen LogP contribution in [0.3, 0.4) is 0 Å². The van der Waals surface area contributed by atoms with Gasteiger partial charge >= 0.3 is 0 Å². The molecule has 2 aliphatic rings. The molecule has 4 rings (SSSR count). The number of carbonyl (C=O) groups excluding carboxylic acids is 4. The molecular weight excluding hydrogens is 386 g/mol. The summed E-state index contributed by atoms with van der Waals surface area (Å²) in [6.45, 7) is 0.116. The molecule has 2 aromatic rings. The monoisotopic (exact) mass is 407 g/mol. The summed E-state index contributed by atoms with van der Waals surface area (Å²) in [5.74, 6) is -0.741. The number of likely N-dealkylation sites (N-methyl/N-ethyl adjacent to an activating group) is 1. The fourth-order valence-corrected chi connectivity index (χ4v) is 3.68. The summed E-state index contributed by atoms with van der Waals surface area (Å²) in [6.07, 6.45) is 0.524. The maximum Gasteiger partial charge on any atom is 0.264 e. The Bertz CT molecular complexity index is 1020. The minimum atomic E-state index is -0.659. The second-order valence-electron chi connectivity index (χ2n) is 7.30. The highest BCUT2D eigenvalue weighted by atomic mass is 16.5. The van der Waals surface area contributed by atoms with Crippen molar-refractivity contribution in [2.75, 3.05) is 18.6 Å². The summed E-state index contributed by atoms with van der Waals surface area (Å²) in [5.41, 5.74) is 2.00. The Kier molecular flexibility index (Phi) is 5.22. The van der Waals surface area contributed by atoms with E-state index in [9.17, 15) is 19.2 Å². The highest BCUT2D eigenvalue weighted by Crippen LogP contribution is 2.30. The van der Waals surface area contributed by atoms with E-state index in [0.717, 1.165) is 11.3 Å². The number of carbonyl (C=O) groups is 4. The van der Waals surface area contributed by atoms with Crippen LogP contribution in [-0.4, -0.2) is 48.2 Å². The molecule has 0 spiro atoms. The number of nitrogens with one attached hydrogen (secondary N) is 1. The smallest absolute Gasteiger partial charge is 0.264 e. The average Bonchev–Trinajstić information content (AvgIpc) is 3.07. The summed E-state index contributed by atoms with van der Waals surface area (Å²) in [6, 6.07) is 13.6. The Hall–Kier alpha value is -3.68. The van der Waals surface area contributed by atoms with Gasteiger partial charge in [-0.25, -0.2) is 0 Å². The first-order valence-corrected chi connectivity index (χ1v) is 9.66. The van der Waals surface area contributed by atoms with Gasteiger partial charge in [-0.15, -0.1) is 0 Å². The number of hydrogen-bond acceptors (Lipinski definition) is 5. The summed E-state index contributed by atoms with van der Waals surface area (Å²) < 4.78 is 5.64. The zero-order chi connectivity index (χ0) is 21.3. The van der Waals surface area contributed by atoms with E-state index in [2.05, 4.69) is 5.32 Å². The third kappa shape index (κ3) is 3.76. The fourth-order valence-electron chi connectivity index (χ4n) is 3.68. The molecule has 0 aliphatic carbocycles. The van der Waals surface area contributed by atoms with Crippen molar-refractivity contribution in [1.29, 1.82) is 0 Å². The molecule has 2 aliphatic heterocycles. The number of benzene rings is 2. The number of para-hydroxylation sites is 1. The molecule has 30 heavy (non-hydrogen) atoms. The number of imide groups is 1. The molecule has 4 amide bonds. The molecule has 1 fully saturated rings. The van der Waals surface area contributed by atoms with Crippen molar-refractivity contribution in [1.82, 2.24) is 10.2 Å². The third-order valence-electron chi connectivity index (χ3n) is 5.37. The number of fused-ring (bicyclic) bond motifs is 1. The van der Waals surface area contributed by atoms with E-state index < -0.39 is 11.9 Å². The van der Waals surface area contributed by atoms with E-state index in [4.69, 9.17) is 4.74 Å². The maximum absolute atomic E-state index is 12.7. The molecule has 8 nitrogen and oxygen atoms in total. The van der Waals surface area contributed by atoms with Crippen LogP contribution in [0.15, 0.2) is 48.5 Å². The molecule has 1 atom stereocenters. The molecule has 1 N–H and O–H groups in total. The largest absolute Gasteiger partial charge is 0.484 e. The van der Waals surface area contributed by atoms with Crippen molar-refractivity contribution in [2.24, 2.45) is 0 Å². The van der Waals surface area contributed by atoms with Gasteiger partial charge in [0.15, 0.2) is 6.61 Å². The summed E-state index contributed by atoms with van der Waals surface area (Å²) in [7, 11) is 1.68. The number of anilines is 1. The van der Waals surface area contributed by atoms with Crippen LogP contribution in [0.25, 0.3) is 0 Å². The number of nitrogens with zero attached hydrogens (tertiary/aromatic N) is 2. The number of rotatable bonds is 5. The normalized spacial score (nSPS) is 18.1. The lowest BCUT2D eigenvalue weighted by Gasteiger charge is -2.29. The van der Waals surface area contributed by atoms with Gasteiger partial charge in [0.1, 0.15) is 11.8 Å². The minimum absolute atomic E-state index is 0.144. The molecule has 0 aromatic heterocycles. The molecule has 0 saturated carbocycles. The Labute approximate surface area is 173 Å². The van der Waals surface area contributed by atoms with Gasteiger partial charge in [-0.3, -0.25) is 24.5 Å². The topological polar surface area (TPSA) is 96.0 Å². The minimum Gasteiger partial charge on any atom is -0.484 e. The van der Waals surface area contributed by atoms with Gasteiger partial charge in [0.2, 0.25) is 11.8 Å². The van der Waals surface area contributed by atoms with E-state index in [-0.39, 0.29) is 37.3 Å². The third-order valence-corrected chi connectivity index (χ3v) is 5.37. The summed E-state index contributed by atoms with van der Waals surface area (Å²) in [4.78, 5) is 51.6. The van der Waals surface area contributed by atoms with Gasteiger partial charge in [0.25, 0.3) is 11.8 Å². The van der Waals surface area contributed by atoms with Crippen molar-refractivity contribution < 1.29 is 23.9 Å². The van der Waals surface area contributed by atoms with Crippen LogP contribution < -0.4 is 15.0 Å². The van der Waals surface area contributed by atoms with E-state index in [0.29, 0.717) is 17.7 Å². The molecule has 0 bridgehead atoms. The van der Waals surface area contributed by atoms with Crippen LogP contribution in [0.2, 0.25) is 0 Å². The summed E-state index contributed by atoms with van der Waals surface area (Å²) >= 11 is 0. The molecule has 1 saturated heterocycles. The molecule has 1 unspecified atom stereocenters. The standard InChI is InChI=1S/C22H21N3O5/c1-24(15-5-3-2-4-6-15)20(27)13-30-16-7-8-17-14(11-16)12-25(22(17)29)18-9-10-19(26)23-21(18)28/h2-8,11,18H,9-10,12-13H2,1H3,(H,23,26,28). The zero-order valence-electron chi connectivity index (χ0n) is 16.5. The first-order valence-electron chi connectivity index (χ1n) is 9.66. The van der Waals surface area contributed by atoms with Crippen LogP contribution in [0.4, 0.5) is 5.69 Å². The van der Waals surface area contributed by atoms with E-state index in [1.807, 2.05) is 30.3 Å². The van der Waals surface area contributed by atoms with Crippen molar-refractivity contribution >= 4 is 29.3 Å². The van der Waals surface area contributed by atoms with Crippen molar-refractivity contribution in [3.05, 3.63) is 59.7 Å². The first-order chi connectivity index (χ1) is 14.4. The lowest BCUT2D eigenvalue weighted by Crippen LogP contribution is -2.52. The SMILES string of the molecule is CN(C(=O)COc1ccc2c(c1)CN(C1CCC(=O)NC1=O)C2=O)c1ccccc1. The Balaban J connectivity index is 1.41. The second-order valence-corrected chi connectivity index (χ2v) is 7.30. The highest BCUT2D eigenvalue weighted by Gasteiger charge is 2.39. The van der Waals surface area contributed by atoms with Gasteiger partial charge in [0, 0.05) is 31.3 Å².